The van der Waals surface area contributed by atoms with Gasteiger partial charge in [-0.3, -0.25) is 14.4 Å². The summed E-state index contributed by atoms with van der Waals surface area (Å²) in [4.78, 5) is 50.3. The summed E-state index contributed by atoms with van der Waals surface area (Å²) in [5.74, 6) is -2.62. The Balaban J connectivity index is 1.86. The number of fused-ring (bicyclic) bond motifs is 1. The predicted octanol–water partition coefficient (Wildman–Crippen LogP) is 4.26. The van der Waals surface area contributed by atoms with E-state index in [-0.39, 0.29) is 39.9 Å². The monoisotopic (exact) mass is 511 g/mol. The lowest BCUT2D eigenvalue weighted by atomic mass is 9.98. The molecule has 0 saturated heterocycles. The molecule has 3 N–H and O–H groups in total. The van der Waals surface area contributed by atoms with Crippen LogP contribution in [0.3, 0.4) is 0 Å². The van der Waals surface area contributed by atoms with Gasteiger partial charge in [0.15, 0.2) is 11.3 Å². The van der Waals surface area contributed by atoms with Gasteiger partial charge in [0, 0.05) is 43.8 Å². The normalized spacial score (nSPS) is 10.5. The van der Waals surface area contributed by atoms with Crippen molar-refractivity contribution in [1.29, 1.82) is 5.26 Å². The molecule has 4 aromatic rings. The molecule has 190 valence electrons. The van der Waals surface area contributed by atoms with Crippen molar-refractivity contribution in [2.24, 2.45) is 0 Å². The molecule has 1 heterocycles. The van der Waals surface area contributed by atoms with Crippen LogP contribution in [0.15, 0.2) is 59.1 Å². The number of carboxylic acids is 1. The van der Waals surface area contributed by atoms with Crippen LogP contribution in [0.5, 0.6) is 0 Å². The molecule has 0 aliphatic rings. The standard InChI is InChI=1S/C27H21N5O6/c1-14(33)29-21-7-5-4-6-17(21)18-11-20-24(12-23(18)32(3)15(2)34)38-31-25(20)26(35)30-22-9-8-16(13-28)10-19(22)27(36)37/h4-12H,1-3H3,(H,29,33)(H,30,35)(H,36,37). The minimum atomic E-state index is -1.32. The summed E-state index contributed by atoms with van der Waals surface area (Å²) in [5.41, 5.74) is 1.95. The van der Waals surface area contributed by atoms with E-state index in [0.29, 0.717) is 27.9 Å². The maximum absolute atomic E-state index is 13.2. The fourth-order valence-corrected chi connectivity index (χ4v) is 3.90. The van der Waals surface area contributed by atoms with Crippen molar-refractivity contribution in [1.82, 2.24) is 5.16 Å². The number of carbonyl (C=O) groups excluding carboxylic acids is 3. The van der Waals surface area contributed by atoms with E-state index in [1.54, 1.807) is 43.4 Å². The minimum Gasteiger partial charge on any atom is -0.478 e. The number of nitrogens with zero attached hydrogens (tertiary/aromatic N) is 3. The molecule has 11 heteroatoms. The van der Waals surface area contributed by atoms with Gasteiger partial charge in [0.2, 0.25) is 11.8 Å². The molecule has 0 atom stereocenters. The number of hydrogen-bond acceptors (Lipinski definition) is 7. The lowest BCUT2D eigenvalue weighted by Gasteiger charge is -2.21. The molecule has 0 fully saturated rings. The van der Waals surface area contributed by atoms with E-state index in [4.69, 9.17) is 9.78 Å². The van der Waals surface area contributed by atoms with Gasteiger partial charge in [-0.1, -0.05) is 23.4 Å². The van der Waals surface area contributed by atoms with Crippen molar-refractivity contribution < 1.29 is 28.8 Å². The zero-order valence-electron chi connectivity index (χ0n) is 20.5. The van der Waals surface area contributed by atoms with Crippen LogP contribution in [0.2, 0.25) is 0 Å². The Bertz CT molecular complexity index is 1670. The molecule has 1 aromatic heterocycles. The SMILES string of the molecule is CC(=O)Nc1ccccc1-c1cc2c(C(=O)Nc3ccc(C#N)cc3C(=O)O)noc2cc1N(C)C(C)=O. The van der Waals surface area contributed by atoms with Gasteiger partial charge in [-0.05, 0) is 30.3 Å². The summed E-state index contributed by atoms with van der Waals surface area (Å²) in [6.07, 6.45) is 0. The molecule has 0 unspecified atom stereocenters. The van der Waals surface area contributed by atoms with E-state index in [9.17, 15) is 24.3 Å². The van der Waals surface area contributed by atoms with Crippen LogP contribution in [-0.2, 0) is 9.59 Å². The van der Waals surface area contributed by atoms with Crippen LogP contribution in [0.1, 0.15) is 40.3 Å². The lowest BCUT2D eigenvalue weighted by molar-refractivity contribution is -0.116. The number of benzene rings is 3. The average Bonchev–Trinajstić information content (AvgIpc) is 3.30. The molecule has 3 aromatic carbocycles. The van der Waals surface area contributed by atoms with Crippen LogP contribution in [-0.4, -0.2) is 41.0 Å². The van der Waals surface area contributed by atoms with E-state index in [1.165, 1.54) is 30.9 Å². The lowest BCUT2D eigenvalue weighted by Crippen LogP contribution is -2.23. The first-order valence-electron chi connectivity index (χ1n) is 11.2. The van der Waals surface area contributed by atoms with Crippen molar-refractivity contribution in [2.45, 2.75) is 13.8 Å². The molecular formula is C27H21N5O6. The highest BCUT2D eigenvalue weighted by molar-refractivity contribution is 6.14. The number of para-hydroxylation sites is 1. The van der Waals surface area contributed by atoms with Crippen LogP contribution in [0.25, 0.3) is 22.1 Å². The number of carboxylic acid groups (broad SMARTS) is 1. The Labute approximate surface area is 216 Å². The third kappa shape index (κ3) is 4.91. The second kappa shape index (κ2) is 10.2. The zero-order valence-corrected chi connectivity index (χ0v) is 20.5. The van der Waals surface area contributed by atoms with Crippen LogP contribution < -0.4 is 15.5 Å². The summed E-state index contributed by atoms with van der Waals surface area (Å²) in [6.45, 7) is 2.77. The summed E-state index contributed by atoms with van der Waals surface area (Å²) in [7, 11) is 1.58. The van der Waals surface area contributed by atoms with E-state index in [2.05, 4.69) is 15.8 Å². The first-order valence-corrected chi connectivity index (χ1v) is 11.2. The number of nitriles is 1. The molecule has 38 heavy (non-hydrogen) atoms. The first-order chi connectivity index (χ1) is 18.1. The van der Waals surface area contributed by atoms with Gasteiger partial charge in [-0.2, -0.15) is 5.26 Å². The third-order valence-corrected chi connectivity index (χ3v) is 5.79. The maximum Gasteiger partial charge on any atom is 0.337 e. The molecule has 0 bridgehead atoms. The number of amides is 3. The maximum atomic E-state index is 13.2. The summed E-state index contributed by atoms with van der Waals surface area (Å²) in [6, 6.07) is 15.9. The number of aromatic carboxylic acids is 1. The molecule has 0 spiro atoms. The predicted molar refractivity (Wildman–Crippen MR) is 139 cm³/mol. The van der Waals surface area contributed by atoms with E-state index < -0.39 is 11.9 Å². The Morgan fingerprint density at radius 1 is 0.974 bits per heavy atom. The van der Waals surface area contributed by atoms with E-state index in [1.807, 2.05) is 6.07 Å². The largest absolute Gasteiger partial charge is 0.478 e. The van der Waals surface area contributed by atoms with Crippen molar-refractivity contribution in [3.05, 3.63) is 71.4 Å². The number of nitrogens with one attached hydrogen (secondary N) is 2. The zero-order chi connectivity index (χ0) is 27.6. The highest BCUT2D eigenvalue weighted by Gasteiger charge is 2.24. The Hall–Kier alpha value is -5.50. The number of hydrogen-bond donors (Lipinski definition) is 3. The summed E-state index contributed by atoms with van der Waals surface area (Å²) >= 11 is 0. The van der Waals surface area contributed by atoms with Crippen molar-refractivity contribution in [3.8, 4) is 17.2 Å². The van der Waals surface area contributed by atoms with Crippen LogP contribution in [0.4, 0.5) is 17.1 Å². The fraction of sp³-hybridized carbons (Fsp3) is 0.111. The molecule has 0 aliphatic heterocycles. The van der Waals surface area contributed by atoms with Gasteiger partial charge in [0.25, 0.3) is 5.91 Å². The number of anilines is 3. The number of aromatic nitrogens is 1. The van der Waals surface area contributed by atoms with Gasteiger partial charge in [0.1, 0.15) is 0 Å². The first kappa shape index (κ1) is 25.6. The highest BCUT2D eigenvalue weighted by atomic mass is 16.5. The summed E-state index contributed by atoms with van der Waals surface area (Å²) in [5, 5.41) is 28.1. The third-order valence-electron chi connectivity index (χ3n) is 5.79. The Kier molecular flexibility index (Phi) is 6.89. The molecule has 0 saturated carbocycles. The van der Waals surface area contributed by atoms with E-state index in [0.717, 1.165) is 6.07 Å². The molecule has 4 rings (SSSR count). The molecule has 3 amide bonds. The smallest absolute Gasteiger partial charge is 0.337 e. The summed E-state index contributed by atoms with van der Waals surface area (Å²) < 4.78 is 5.40. The fourth-order valence-electron chi connectivity index (χ4n) is 3.90. The van der Waals surface area contributed by atoms with Gasteiger partial charge in [-0.15, -0.1) is 0 Å². The van der Waals surface area contributed by atoms with Crippen LogP contribution in [0, 0.1) is 11.3 Å². The Morgan fingerprint density at radius 2 is 1.71 bits per heavy atom. The van der Waals surface area contributed by atoms with Gasteiger partial charge in [0.05, 0.1) is 34.0 Å². The highest BCUT2D eigenvalue weighted by Crippen LogP contribution is 2.39. The quantitative estimate of drug-likeness (QED) is 0.345. The van der Waals surface area contributed by atoms with Crippen molar-refractivity contribution >= 4 is 51.7 Å². The topological polar surface area (TPSA) is 166 Å². The number of rotatable bonds is 6. The number of carbonyl (C=O) groups is 4. The average molecular weight is 511 g/mol. The van der Waals surface area contributed by atoms with Crippen molar-refractivity contribution in [2.75, 3.05) is 22.6 Å². The second-order valence-corrected chi connectivity index (χ2v) is 8.33. The second-order valence-electron chi connectivity index (χ2n) is 8.33. The van der Waals surface area contributed by atoms with Crippen LogP contribution >= 0.6 is 0 Å². The van der Waals surface area contributed by atoms with Gasteiger partial charge in [-0.25, -0.2) is 4.79 Å². The van der Waals surface area contributed by atoms with Crippen molar-refractivity contribution in [3.63, 3.8) is 0 Å². The molecule has 0 aliphatic carbocycles. The van der Waals surface area contributed by atoms with E-state index >= 15 is 0 Å². The molecule has 0 radical (unpaired) electrons. The molecule has 11 nitrogen and oxygen atoms in total. The van der Waals surface area contributed by atoms with Gasteiger partial charge < -0.3 is 25.2 Å². The minimum absolute atomic E-state index is 0.0261. The Morgan fingerprint density at radius 3 is 2.37 bits per heavy atom. The van der Waals surface area contributed by atoms with Gasteiger partial charge >= 0.3 is 5.97 Å². The molecular weight excluding hydrogens is 490 g/mol.